The van der Waals surface area contributed by atoms with Gasteiger partial charge in [0.2, 0.25) is 0 Å². The monoisotopic (exact) mass is 174 g/mol. The predicted octanol–water partition coefficient (Wildman–Crippen LogP) is 1.86. The second-order valence-corrected chi connectivity index (χ2v) is 2.76. The number of aryl methyl sites for hydroxylation is 1. The van der Waals surface area contributed by atoms with E-state index in [0.29, 0.717) is 0 Å². The lowest BCUT2D eigenvalue weighted by Gasteiger charge is -2.04. The molecule has 0 amide bonds. The van der Waals surface area contributed by atoms with E-state index in [4.69, 9.17) is 0 Å². The summed E-state index contributed by atoms with van der Waals surface area (Å²) in [5, 5.41) is 9.77. The number of rotatable bonds is 2. The van der Waals surface area contributed by atoms with Crippen LogP contribution in [-0.2, 0) is 0 Å². The summed E-state index contributed by atoms with van der Waals surface area (Å²) in [6, 6.07) is 5.77. The second kappa shape index (κ2) is 3.26. The number of anilines is 2. The molecule has 0 aromatic carbocycles. The second-order valence-electron chi connectivity index (χ2n) is 2.76. The molecule has 4 heteroatoms. The maximum atomic E-state index is 4.19. The molecule has 2 aromatic heterocycles. The molecule has 2 rings (SSSR count). The van der Waals surface area contributed by atoms with Crippen LogP contribution >= 0.6 is 0 Å². The first kappa shape index (κ1) is 7.79. The number of hydrogen-bond donors (Lipinski definition) is 2. The molecular formula is C9H10N4. The molecule has 0 radical (unpaired) electrons. The van der Waals surface area contributed by atoms with Crippen LogP contribution in [0.4, 0.5) is 11.6 Å². The van der Waals surface area contributed by atoms with Crippen LogP contribution in [0.2, 0.25) is 0 Å². The minimum atomic E-state index is 0.849. The highest BCUT2D eigenvalue weighted by atomic mass is 15.2. The van der Waals surface area contributed by atoms with Crippen LogP contribution in [0.5, 0.6) is 0 Å². The first-order chi connectivity index (χ1) is 6.36. The van der Waals surface area contributed by atoms with Crippen molar-refractivity contribution < 1.29 is 0 Å². The van der Waals surface area contributed by atoms with Gasteiger partial charge < -0.3 is 5.32 Å². The topological polar surface area (TPSA) is 53.6 Å². The van der Waals surface area contributed by atoms with Gasteiger partial charge >= 0.3 is 0 Å². The number of hydrogen-bond acceptors (Lipinski definition) is 3. The molecule has 13 heavy (non-hydrogen) atoms. The highest BCUT2D eigenvalue weighted by molar-refractivity contribution is 5.54. The first-order valence-electron chi connectivity index (χ1n) is 4.04. The van der Waals surface area contributed by atoms with E-state index in [2.05, 4.69) is 20.5 Å². The van der Waals surface area contributed by atoms with Crippen molar-refractivity contribution >= 4 is 11.6 Å². The lowest BCUT2D eigenvalue weighted by atomic mass is 10.3. The maximum Gasteiger partial charge on any atom is 0.134 e. The summed E-state index contributed by atoms with van der Waals surface area (Å²) < 4.78 is 0. The lowest BCUT2D eigenvalue weighted by molar-refractivity contribution is 1.09. The molecule has 2 N–H and O–H groups in total. The van der Waals surface area contributed by atoms with E-state index in [-0.39, 0.29) is 0 Å². The molecule has 0 aliphatic rings. The third kappa shape index (κ3) is 1.66. The maximum absolute atomic E-state index is 4.19. The van der Waals surface area contributed by atoms with E-state index in [0.717, 1.165) is 17.2 Å². The smallest absolute Gasteiger partial charge is 0.134 e. The van der Waals surface area contributed by atoms with E-state index < -0.39 is 0 Å². The van der Waals surface area contributed by atoms with E-state index in [1.165, 1.54) is 0 Å². The Hall–Kier alpha value is -1.84. The predicted molar refractivity (Wildman–Crippen MR) is 50.8 cm³/mol. The molecule has 0 saturated carbocycles. The molecule has 0 saturated heterocycles. The number of nitrogens with zero attached hydrogens (tertiary/aromatic N) is 2. The molecule has 2 aromatic rings. The quantitative estimate of drug-likeness (QED) is 0.730. The highest BCUT2D eigenvalue weighted by Crippen LogP contribution is 2.14. The van der Waals surface area contributed by atoms with Crippen LogP contribution in [0.15, 0.2) is 30.6 Å². The number of aromatic nitrogens is 3. The molecule has 4 nitrogen and oxygen atoms in total. The third-order valence-corrected chi connectivity index (χ3v) is 1.76. The molecule has 0 spiro atoms. The standard InChI is InChI=1S/C9H10N4/c1-7-3-2-5-10-9(7)12-8-4-6-11-13-8/h2-6H,1H3,(H2,10,11,12,13). The van der Waals surface area contributed by atoms with Gasteiger partial charge in [0.1, 0.15) is 11.6 Å². The van der Waals surface area contributed by atoms with Gasteiger partial charge in [0, 0.05) is 12.3 Å². The Bertz CT molecular complexity index is 380. The number of pyridine rings is 1. The zero-order chi connectivity index (χ0) is 9.10. The van der Waals surface area contributed by atoms with Gasteiger partial charge in [-0.15, -0.1) is 0 Å². The molecule has 0 aliphatic heterocycles. The summed E-state index contributed by atoms with van der Waals surface area (Å²) in [6.07, 6.45) is 3.45. The molecule has 0 bridgehead atoms. The van der Waals surface area contributed by atoms with Crippen LogP contribution in [0.25, 0.3) is 0 Å². The van der Waals surface area contributed by atoms with Gasteiger partial charge in [0.15, 0.2) is 0 Å². The Labute approximate surface area is 76.0 Å². The minimum absolute atomic E-state index is 0.849. The largest absolute Gasteiger partial charge is 0.325 e. The van der Waals surface area contributed by atoms with Gasteiger partial charge in [-0.1, -0.05) is 6.07 Å². The molecule has 0 atom stereocenters. The van der Waals surface area contributed by atoms with Crippen molar-refractivity contribution in [3.63, 3.8) is 0 Å². The summed E-state index contributed by atoms with van der Waals surface area (Å²) in [5.74, 6) is 1.70. The summed E-state index contributed by atoms with van der Waals surface area (Å²) in [4.78, 5) is 4.19. The summed E-state index contributed by atoms with van der Waals surface area (Å²) >= 11 is 0. The summed E-state index contributed by atoms with van der Waals surface area (Å²) in [5.41, 5.74) is 1.11. The van der Waals surface area contributed by atoms with E-state index in [1.807, 2.05) is 25.1 Å². The minimum Gasteiger partial charge on any atom is -0.325 e. The number of nitrogens with one attached hydrogen (secondary N) is 2. The average molecular weight is 174 g/mol. The van der Waals surface area contributed by atoms with Gasteiger partial charge in [0.25, 0.3) is 0 Å². The fourth-order valence-electron chi connectivity index (χ4n) is 1.07. The normalized spacial score (nSPS) is 9.92. The lowest BCUT2D eigenvalue weighted by Crippen LogP contribution is -1.95. The SMILES string of the molecule is Cc1cccnc1Nc1ccn[nH]1. The van der Waals surface area contributed by atoms with E-state index in [1.54, 1.807) is 12.4 Å². The Kier molecular flexibility index (Phi) is 1.96. The fraction of sp³-hybridized carbons (Fsp3) is 0.111. The van der Waals surface area contributed by atoms with Crippen molar-refractivity contribution in [2.75, 3.05) is 5.32 Å². The van der Waals surface area contributed by atoms with Crippen LogP contribution in [0, 0.1) is 6.92 Å². The van der Waals surface area contributed by atoms with Crippen LogP contribution < -0.4 is 5.32 Å². The molecule has 2 heterocycles. The zero-order valence-corrected chi connectivity index (χ0v) is 7.28. The Morgan fingerprint density at radius 1 is 1.31 bits per heavy atom. The van der Waals surface area contributed by atoms with E-state index >= 15 is 0 Å². The Balaban J connectivity index is 2.24. The molecule has 0 unspecified atom stereocenters. The van der Waals surface area contributed by atoms with Crippen molar-refractivity contribution in [3.05, 3.63) is 36.2 Å². The molecule has 66 valence electrons. The van der Waals surface area contributed by atoms with Gasteiger partial charge in [0.05, 0.1) is 6.20 Å². The molecule has 0 aliphatic carbocycles. The molecule has 0 fully saturated rings. The molecular weight excluding hydrogens is 164 g/mol. The number of H-pyrrole nitrogens is 1. The fourth-order valence-corrected chi connectivity index (χ4v) is 1.07. The first-order valence-corrected chi connectivity index (χ1v) is 4.04. The van der Waals surface area contributed by atoms with Gasteiger partial charge in [-0.05, 0) is 18.6 Å². The van der Waals surface area contributed by atoms with E-state index in [9.17, 15) is 0 Å². The zero-order valence-electron chi connectivity index (χ0n) is 7.28. The Morgan fingerprint density at radius 2 is 2.23 bits per heavy atom. The third-order valence-electron chi connectivity index (χ3n) is 1.76. The number of aromatic amines is 1. The summed E-state index contributed by atoms with van der Waals surface area (Å²) in [7, 11) is 0. The van der Waals surface area contributed by atoms with Gasteiger partial charge in [-0.3, -0.25) is 5.10 Å². The van der Waals surface area contributed by atoms with Crippen molar-refractivity contribution in [2.45, 2.75) is 6.92 Å². The van der Waals surface area contributed by atoms with Crippen LogP contribution in [0.3, 0.4) is 0 Å². The highest BCUT2D eigenvalue weighted by Gasteiger charge is 1.98. The van der Waals surface area contributed by atoms with Crippen LogP contribution in [-0.4, -0.2) is 15.2 Å². The van der Waals surface area contributed by atoms with Crippen molar-refractivity contribution in [3.8, 4) is 0 Å². The average Bonchev–Trinajstić information content (AvgIpc) is 2.61. The van der Waals surface area contributed by atoms with Gasteiger partial charge in [-0.2, -0.15) is 5.10 Å². The summed E-state index contributed by atoms with van der Waals surface area (Å²) in [6.45, 7) is 2.01. The van der Waals surface area contributed by atoms with Crippen molar-refractivity contribution in [2.24, 2.45) is 0 Å². The van der Waals surface area contributed by atoms with Gasteiger partial charge in [-0.25, -0.2) is 4.98 Å². The van der Waals surface area contributed by atoms with Crippen LogP contribution in [0.1, 0.15) is 5.56 Å². The van der Waals surface area contributed by atoms with Crippen molar-refractivity contribution in [1.82, 2.24) is 15.2 Å². The Morgan fingerprint density at radius 3 is 2.92 bits per heavy atom. The van der Waals surface area contributed by atoms with Crippen molar-refractivity contribution in [1.29, 1.82) is 0 Å².